The maximum Gasteiger partial charge on any atom is 0.409 e. The van der Waals surface area contributed by atoms with Gasteiger partial charge in [-0.1, -0.05) is 51.1 Å². The number of carboxylic acid groups (broad SMARTS) is 1. The van der Waals surface area contributed by atoms with Crippen molar-refractivity contribution in [3.63, 3.8) is 0 Å². The largest absolute Gasteiger partial charge is 0.481 e. The van der Waals surface area contributed by atoms with Crippen LogP contribution >= 0.6 is 0 Å². The average Bonchev–Trinajstić information content (AvgIpc) is 2.96. The Morgan fingerprint density at radius 1 is 1.00 bits per heavy atom. The number of carbonyl (C=O) groups is 3. The minimum atomic E-state index is -1.75. The highest BCUT2D eigenvalue weighted by Crippen LogP contribution is 2.32. The second kappa shape index (κ2) is 13.5. The number of nitrogens with zero attached hydrogens (tertiary/aromatic N) is 3. The Balaban J connectivity index is 1.44. The number of anilines is 2. The Hall–Kier alpha value is -4.74. The molecule has 4 rings (SSSR count). The van der Waals surface area contributed by atoms with Gasteiger partial charge < -0.3 is 25.4 Å². The van der Waals surface area contributed by atoms with Crippen LogP contribution in [0.2, 0.25) is 0 Å². The summed E-state index contributed by atoms with van der Waals surface area (Å²) < 4.78 is 20.7. The lowest BCUT2D eigenvalue weighted by Gasteiger charge is -2.44. The maximum atomic E-state index is 15.3. The van der Waals surface area contributed by atoms with E-state index in [1.165, 1.54) is 12.1 Å². The smallest absolute Gasteiger partial charge is 0.409 e. The van der Waals surface area contributed by atoms with Gasteiger partial charge in [0.25, 0.3) is 5.91 Å². The van der Waals surface area contributed by atoms with Crippen LogP contribution in [-0.4, -0.2) is 57.8 Å². The number of hydrogen-bond acceptors (Lipinski definition) is 8. The third-order valence-corrected chi connectivity index (χ3v) is 7.50. The Bertz CT molecular complexity index is 1410. The lowest BCUT2D eigenvalue weighted by atomic mass is 9.77. The van der Waals surface area contributed by atoms with Crippen molar-refractivity contribution in [2.75, 3.05) is 23.3 Å². The highest BCUT2D eigenvalue weighted by Gasteiger charge is 2.47. The fraction of sp³-hybridized carbons (Fsp3) is 0.387. The van der Waals surface area contributed by atoms with Crippen molar-refractivity contribution in [1.82, 2.24) is 20.6 Å². The van der Waals surface area contributed by atoms with Crippen molar-refractivity contribution < 1.29 is 28.6 Å². The number of aliphatic carboxylic acids is 1. The van der Waals surface area contributed by atoms with Crippen LogP contribution in [0.25, 0.3) is 0 Å². The van der Waals surface area contributed by atoms with Crippen LogP contribution in [0.3, 0.4) is 0 Å². The fourth-order valence-corrected chi connectivity index (χ4v) is 4.91. The minimum Gasteiger partial charge on any atom is -0.481 e. The maximum absolute atomic E-state index is 15.3. The Morgan fingerprint density at radius 2 is 1.67 bits per heavy atom. The Kier molecular flexibility index (Phi) is 9.79. The zero-order valence-electron chi connectivity index (χ0n) is 24.5. The molecule has 0 spiro atoms. The molecular weight excluding hydrogens is 555 g/mol. The van der Waals surface area contributed by atoms with E-state index in [4.69, 9.17) is 4.74 Å². The van der Waals surface area contributed by atoms with Crippen LogP contribution in [0.15, 0.2) is 67.0 Å². The summed E-state index contributed by atoms with van der Waals surface area (Å²) >= 11 is 0. The molecule has 2 amide bonds. The molecule has 1 aliphatic heterocycles. The van der Waals surface area contributed by atoms with E-state index < -0.39 is 41.3 Å². The number of alkyl carbamates (subject to hydrolysis) is 1. The number of ether oxygens (including phenoxy) is 1. The SMILES string of the molecule is CC(C)(C)C(CC(=O)O)(NC(=O)OCc1ccccc1)NC(=O)c1ccc(N2CCC(Nc3ncccn3)CC2)c(F)c1. The van der Waals surface area contributed by atoms with E-state index in [0.717, 1.165) is 24.5 Å². The first kappa shape index (κ1) is 31.2. The standard InChI is InChI=1S/C31H37FN6O5/c1-30(2,3)31(19-26(39)40,37-29(42)43-20-21-8-5-4-6-9-21)36-27(41)22-10-11-25(24(32)18-22)38-16-12-23(13-17-38)35-28-33-14-7-15-34-28/h4-11,14-15,18,23H,12-13,16-17,19-20H2,1-3H3,(H,36,41)(H,37,42)(H,39,40)(H,33,34,35). The number of benzene rings is 2. The normalized spacial score (nSPS) is 15.2. The van der Waals surface area contributed by atoms with E-state index in [-0.39, 0.29) is 18.2 Å². The van der Waals surface area contributed by atoms with Gasteiger partial charge in [-0.25, -0.2) is 19.2 Å². The van der Waals surface area contributed by atoms with Crippen LogP contribution in [0, 0.1) is 11.2 Å². The van der Waals surface area contributed by atoms with Crippen LogP contribution in [-0.2, 0) is 16.1 Å². The zero-order valence-corrected chi connectivity index (χ0v) is 24.5. The third kappa shape index (κ3) is 8.18. The predicted molar refractivity (Wildman–Crippen MR) is 159 cm³/mol. The van der Waals surface area contributed by atoms with Crippen molar-refractivity contribution in [2.24, 2.45) is 5.41 Å². The molecule has 1 aliphatic rings. The van der Waals surface area contributed by atoms with Gasteiger partial charge in [-0.15, -0.1) is 0 Å². The topological polar surface area (TPSA) is 146 Å². The summed E-state index contributed by atoms with van der Waals surface area (Å²) in [6, 6.07) is 15.0. The van der Waals surface area contributed by atoms with E-state index in [9.17, 15) is 19.5 Å². The number of nitrogens with one attached hydrogen (secondary N) is 3. The van der Waals surface area contributed by atoms with Gasteiger partial charge in [-0.05, 0) is 42.7 Å². The second-order valence-electron chi connectivity index (χ2n) is 11.5. The number of rotatable bonds is 10. The molecule has 0 saturated carbocycles. The first-order chi connectivity index (χ1) is 20.5. The van der Waals surface area contributed by atoms with Crippen molar-refractivity contribution in [3.8, 4) is 0 Å². The van der Waals surface area contributed by atoms with Gasteiger partial charge in [0.2, 0.25) is 5.95 Å². The van der Waals surface area contributed by atoms with Gasteiger partial charge >= 0.3 is 12.1 Å². The van der Waals surface area contributed by atoms with Crippen LogP contribution < -0.4 is 20.9 Å². The molecule has 12 heteroatoms. The molecule has 0 bridgehead atoms. The van der Waals surface area contributed by atoms with Crippen molar-refractivity contribution >= 4 is 29.6 Å². The molecule has 1 aromatic heterocycles. The third-order valence-electron chi connectivity index (χ3n) is 7.50. The molecule has 43 heavy (non-hydrogen) atoms. The summed E-state index contributed by atoms with van der Waals surface area (Å²) in [4.78, 5) is 48.4. The number of carboxylic acids is 1. The number of aromatic nitrogens is 2. The predicted octanol–water partition coefficient (Wildman–Crippen LogP) is 4.57. The quantitative estimate of drug-likeness (QED) is 0.249. The van der Waals surface area contributed by atoms with Crippen LogP contribution in [0.1, 0.15) is 56.0 Å². The molecule has 0 radical (unpaired) electrons. The summed E-state index contributed by atoms with van der Waals surface area (Å²) in [6.07, 6.45) is 3.28. The number of amides is 2. The monoisotopic (exact) mass is 592 g/mol. The van der Waals surface area contributed by atoms with E-state index >= 15 is 4.39 Å². The van der Waals surface area contributed by atoms with Crippen LogP contribution in [0.5, 0.6) is 0 Å². The van der Waals surface area contributed by atoms with E-state index in [0.29, 0.717) is 24.7 Å². The number of halogens is 1. The number of piperidine rings is 1. The molecule has 1 unspecified atom stereocenters. The average molecular weight is 593 g/mol. The summed E-state index contributed by atoms with van der Waals surface area (Å²) in [5.74, 6) is -2.02. The highest BCUT2D eigenvalue weighted by molar-refractivity contribution is 5.95. The van der Waals surface area contributed by atoms with E-state index in [2.05, 4.69) is 25.9 Å². The molecule has 2 heterocycles. The van der Waals surface area contributed by atoms with Gasteiger partial charge in [0.15, 0.2) is 0 Å². The van der Waals surface area contributed by atoms with Gasteiger partial charge in [-0.3, -0.25) is 14.9 Å². The van der Waals surface area contributed by atoms with Crippen molar-refractivity contribution in [1.29, 1.82) is 0 Å². The lowest BCUT2D eigenvalue weighted by Crippen LogP contribution is -2.68. The van der Waals surface area contributed by atoms with Crippen LogP contribution in [0.4, 0.5) is 20.8 Å². The van der Waals surface area contributed by atoms with Crippen molar-refractivity contribution in [3.05, 3.63) is 83.9 Å². The van der Waals surface area contributed by atoms with Gasteiger partial charge in [0.1, 0.15) is 18.1 Å². The first-order valence-corrected chi connectivity index (χ1v) is 14.1. The fourth-order valence-electron chi connectivity index (χ4n) is 4.91. The molecule has 11 nitrogen and oxygen atoms in total. The van der Waals surface area contributed by atoms with E-state index in [1.54, 1.807) is 63.5 Å². The molecule has 2 aromatic carbocycles. The Labute approximate surface area is 249 Å². The lowest BCUT2D eigenvalue weighted by molar-refractivity contribution is -0.140. The highest BCUT2D eigenvalue weighted by atomic mass is 19.1. The summed E-state index contributed by atoms with van der Waals surface area (Å²) in [5, 5.41) is 18.3. The molecule has 0 aliphatic carbocycles. The zero-order chi connectivity index (χ0) is 31.0. The van der Waals surface area contributed by atoms with Gasteiger partial charge in [-0.2, -0.15) is 0 Å². The molecule has 1 saturated heterocycles. The summed E-state index contributed by atoms with van der Waals surface area (Å²) in [5.41, 5.74) is -1.65. The first-order valence-electron chi connectivity index (χ1n) is 14.1. The van der Waals surface area contributed by atoms with Gasteiger partial charge in [0.05, 0.1) is 12.1 Å². The van der Waals surface area contributed by atoms with Gasteiger partial charge in [0, 0.05) is 42.5 Å². The summed E-state index contributed by atoms with van der Waals surface area (Å²) in [7, 11) is 0. The molecule has 228 valence electrons. The molecule has 3 aromatic rings. The van der Waals surface area contributed by atoms with E-state index in [1.807, 2.05) is 11.0 Å². The minimum absolute atomic E-state index is 0.0162. The Morgan fingerprint density at radius 3 is 2.28 bits per heavy atom. The number of hydrogen-bond donors (Lipinski definition) is 4. The van der Waals surface area contributed by atoms with Crippen molar-refractivity contribution in [2.45, 2.75) is 58.3 Å². The second-order valence-corrected chi connectivity index (χ2v) is 11.5. The number of carbonyl (C=O) groups excluding carboxylic acids is 2. The molecule has 1 fully saturated rings. The molecule has 4 N–H and O–H groups in total. The molecular formula is C31H37FN6O5. The molecule has 1 atom stereocenters. The summed E-state index contributed by atoms with van der Waals surface area (Å²) in [6.45, 7) is 6.18.